The van der Waals surface area contributed by atoms with Crippen molar-refractivity contribution < 1.29 is 0 Å². The van der Waals surface area contributed by atoms with E-state index in [0.717, 1.165) is 24.9 Å². The summed E-state index contributed by atoms with van der Waals surface area (Å²) in [6, 6.07) is 2.57. The summed E-state index contributed by atoms with van der Waals surface area (Å²) in [6.45, 7) is 6.54. The minimum atomic E-state index is 0.611. The third kappa shape index (κ3) is 3.82. The van der Waals surface area contributed by atoms with Gasteiger partial charge in [0.2, 0.25) is 5.95 Å². The van der Waals surface area contributed by atoms with Crippen molar-refractivity contribution in [2.45, 2.75) is 58.4 Å². The van der Waals surface area contributed by atoms with E-state index in [1.165, 1.54) is 38.5 Å². The predicted molar refractivity (Wildman–Crippen MR) is 80.7 cm³/mol. The van der Waals surface area contributed by atoms with E-state index in [1.54, 1.807) is 0 Å². The van der Waals surface area contributed by atoms with E-state index in [9.17, 15) is 0 Å². The molecule has 4 nitrogen and oxygen atoms in total. The molecule has 1 saturated heterocycles. The highest BCUT2D eigenvalue weighted by atomic mass is 15.3. The average molecular weight is 262 g/mol. The Morgan fingerprint density at radius 2 is 2.26 bits per heavy atom. The zero-order chi connectivity index (χ0) is 13.5. The first kappa shape index (κ1) is 14.1. The predicted octanol–water partition coefficient (Wildman–Crippen LogP) is 3.46. The number of hydrogen-bond donors (Lipinski definition) is 1. The van der Waals surface area contributed by atoms with Crippen LogP contribution in [0.4, 0.5) is 11.8 Å². The summed E-state index contributed by atoms with van der Waals surface area (Å²) in [5.74, 6) is 1.85. The lowest BCUT2D eigenvalue weighted by atomic mass is 10.0. The number of nitrogens with one attached hydrogen (secondary N) is 1. The van der Waals surface area contributed by atoms with Gasteiger partial charge in [-0.25, -0.2) is 4.98 Å². The van der Waals surface area contributed by atoms with Crippen molar-refractivity contribution in [1.82, 2.24) is 9.97 Å². The highest BCUT2D eigenvalue weighted by Crippen LogP contribution is 2.24. The van der Waals surface area contributed by atoms with Crippen molar-refractivity contribution in [3.8, 4) is 0 Å². The van der Waals surface area contributed by atoms with Gasteiger partial charge in [-0.2, -0.15) is 4.98 Å². The maximum Gasteiger partial charge on any atom is 0.227 e. The summed E-state index contributed by atoms with van der Waals surface area (Å²) >= 11 is 0. The van der Waals surface area contributed by atoms with E-state index in [-0.39, 0.29) is 0 Å². The van der Waals surface area contributed by atoms with Crippen LogP contribution >= 0.6 is 0 Å². The fourth-order valence-corrected chi connectivity index (χ4v) is 2.67. The van der Waals surface area contributed by atoms with Gasteiger partial charge in [-0.1, -0.05) is 20.3 Å². The fraction of sp³-hybridized carbons (Fsp3) is 0.733. The Balaban J connectivity index is 2.04. The van der Waals surface area contributed by atoms with Crippen LogP contribution in [-0.4, -0.2) is 29.1 Å². The molecule has 0 bridgehead atoms. The quantitative estimate of drug-likeness (QED) is 0.797. The molecular formula is C15H26N4. The molecule has 1 atom stereocenters. The van der Waals surface area contributed by atoms with Crippen molar-refractivity contribution >= 4 is 11.8 Å². The van der Waals surface area contributed by atoms with Crippen LogP contribution in [0.3, 0.4) is 0 Å². The van der Waals surface area contributed by atoms with Crippen molar-refractivity contribution in [3.05, 3.63) is 12.3 Å². The molecule has 1 fully saturated rings. The van der Waals surface area contributed by atoms with Crippen LogP contribution in [0.5, 0.6) is 0 Å². The van der Waals surface area contributed by atoms with Gasteiger partial charge >= 0.3 is 0 Å². The smallest absolute Gasteiger partial charge is 0.227 e. The van der Waals surface area contributed by atoms with E-state index in [2.05, 4.69) is 34.0 Å². The SMILES string of the molecule is CCCCNc1ccnc(N2CCCCC2CC)n1. The molecular weight excluding hydrogens is 236 g/mol. The van der Waals surface area contributed by atoms with Crippen molar-refractivity contribution in [2.24, 2.45) is 0 Å². The lowest BCUT2D eigenvalue weighted by molar-refractivity contribution is 0.443. The molecule has 1 aromatic heterocycles. The first-order valence-electron chi connectivity index (χ1n) is 7.68. The lowest BCUT2D eigenvalue weighted by Crippen LogP contribution is -2.40. The fourth-order valence-electron chi connectivity index (χ4n) is 2.67. The molecule has 0 radical (unpaired) electrons. The third-order valence-corrected chi connectivity index (χ3v) is 3.83. The normalized spacial score (nSPS) is 19.5. The number of rotatable bonds is 6. The Morgan fingerprint density at radius 1 is 1.37 bits per heavy atom. The molecule has 0 spiro atoms. The van der Waals surface area contributed by atoms with Gasteiger partial charge in [-0.15, -0.1) is 0 Å². The van der Waals surface area contributed by atoms with E-state index in [4.69, 9.17) is 0 Å². The summed E-state index contributed by atoms with van der Waals surface area (Å²) < 4.78 is 0. The molecule has 1 aliphatic rings. The topological polar surface area (TPSA) is 41.1 Å². The Labute approximate surface area is 116 Å². The highest BCUT2D eigenvalue weighted by molar-refractivity contribution is 5.42. The number of piperidine rings is 1. The van der Waals surface area contributed by atoms with Gasteiger partial charge in [-0.05, 0) is 38.2 Å². The van der Waals surface area contributed by atoms with E-state index < -0.39 is 0 Å². The van der Waals surface area contributed by atoms with Crippen molar-refractivity contribution in [2.75, 3.05) is 23.3 Å². The Hall–Kier alpha value is -1.32. The van der Waals surface area contributed by atoms with E-state index in [0.29, 0.717) is 6.04 Å². The maximum absolute atomic E-state index is 4.67. The standard InChI is InChI=1S/C15H26N4/c1-3-5-10-16-14-9-11-17-15(18-14)19-12-7-6-8-13(19)4-2/h9,11,13H,3-8,10,12H2,1-2H3,(H,16,17,18). The van der Waals surface area contributed by atoms with Crippen LogP contribution < -0.4 is 10.2 Å². The molecule has 2 rings (SSSR count). The Bertz CT molecular complexity index is 380. The number of unbranched alkanes of at least 4 members (excludes halogenated alkanes) is 1. The molecule has 0 aliphatic carbocycles. The summed E-state index contributed by atoms with van der Waals surface area (Å²) in [7, 11) is 0. The largest absolute Gasteiger partial charge is 0.370 e. The molecule has 0 amide bonds. The lowest BCUT2D eigenvalue weighted by Gasteiger charge is -2.35. The van der Waals surface area contributed by atoms with Gasteiger partial charge in [0.1, 0.15) is 5.82 Å². The maximum atomic E-state index is 4.67. The minimum absolute atomic E-state index is 0.611. The molecule has 1 unspecified atom stereocenters. The van der Waals surface area contributed by atoms with Gasteiger partial charge < -0.3 is 10.2 Å². The highest BCUT2D eigenvalue weighted by Gasteiger charge is 2.22. The van der Waals surface area contributed by atoms with Gasteiger partial charge in [0.05, 0.1) is 0 Å². The van der Waals surface area contributed by atoms with Crippen LogP contribution in [0.2, 0.25) is 0 Å². The first-order chi connectivity index (χ1) is 9.35. The molecule has 106 valence electrons. The second-order valence-electron chi connectivity index (χ2n) is 5.27. The van der Waals surface area contributed by atoms with Gasteiger partial charge in [0.25, 0.3) is 0 Å². The van der Waals surface area contributed by atoms with Crippen LogP contribution in [0.15, 0.2) is 12.3 Å². The molecule has 2 heterocycles. The first-order valence-corrected chi connectivity index (χ1v) is 7.68. The second-order valence-corrected chi connectivity index (χ2v) is 5.27. The van der Waals surface area contributed by atoms with Crippen LogP contribution in [-0.2, 0) is 0 Å². The van der Waals surface area contributed by atoms with Crippen LogP contribution in [0.25, 0.3) is 0 Å². The number of hydrogen-bond acceptors (Lipinski definition) is 4. The summed E-state index contributed by atoms with van der Waals surface area (Å²) in [4.78, 5) is 11.5. The molecule has 4 heteroatoms. The van der Waals surface area contributed by atoms with Gasteiger partial charge in [0, 0.05) is 25.3 Å². The van der Waals surface area contributed by atoms with Gasteiger partial charge in [0.15, 0.2) is 0 Å². The van der Waals surface area contributed by atoms with Crippen LogP contribution in [0.1, 0.15) is 52.4 Å². The number of nitrogens with zero attached hydrogens (tertiary/aromatic N) is 3. The molecule has 1 aliphatic heterocycles. The molecule has 0 saturated carbocycles. The number of aromatic nitrogens is 2. The molecule has 0 aromatic carbocycles. The minimum Gasteiger partial charge on any atom is -0.370 e. The molecule has 1 aromatic rings. The Kier molecular flexibility index (Phi) is 5.43. The zero-order valence-corrected chi connectivity index (χ0v) is 12.2. The average Bonchev–Trinajstić information content (AvgIpc) is 2.48. The summed E-state index contributed by atoms with van der Waals surface area (Å²) in [6.07, 6.45) is 9.30. The van der Waals surface area contributed by atoms with Crippen molar-refractivity contribution in [1.29, 1.82) is 0 Å². The zero-order valence-electron chi connectivity index (χ0n) is 12.2. The monoisotopic (exact) mass is 262 g/mol. The molecule has 19 heavy (non-hydrogen) atoms. The summed E-state index contributed by atoms with van der Waals surface area (Å²) in [5, 5.41) is 3.38. The van der Waals surface area contributed by atoms with Crippen LogP contribution in [0, 0.1) is 0 Å². The third-order valence-electron chi connectivity index (χ3n) is 3.83. The van der Waals surface area contributed by atoms with Gasteiger partial charge in [-0.3, -0.25) is 0 Å². The summed E-state index contributed by atoms with van der Waals surface area (Å²) in [5.41, 5.74) is 0. The van der Waals surface area contributed by atoms with Crippen molar-refractivity contribution in [3.63, 3.8) is 0 Å². The second kappa shape index (κ2) is 7.31. The Morgan fingerprint density at radius 3 is 3.05 bits per heavy atom. The molecule has 1 N–H and O–H groups in total. The number of anilines is 2. The van der Waals surface area contributed by atoms with E-state index in [1.807, 2.05) is 12.3 Å². The van der Waals surface area contributed by atoms with E-state index >= 15 is 0 Å².